The van der Waals surface area contributed by atoms with E-state index in [1.54, 1.807) is 23.1 Å². The van der Waals surface area contributed by atoms with Gasteiger partial charge in [0.15, 0.2) is 0 Å². The summed E-state index contributed by atoms with van der Waals surface area (Å²) >= 11 is 0. The minimum absolute atomic E-state index is 0.0317. The van der Waals surface area contributed by atoms with Crippen LogP contribution in [0.4, 0.5) is 11.5 Å². The van der Waals surface area contributed by atoms with E-state index in [1.807, 2.05) is 34.1 Å². The highest BCUT2D eigenvalue weighted by Gasteiger charge is 2.09. The second-order valence-electron chi connectivity index (χ2n) is 4.85. The fourth-order valence-electron chi connectivity index (χ4n) is 1.90. The quantitative estimate of drug-likeness (QED) is 0.676. The Kier molecular flexibility index (Phi) is 4.46. The van der Waals surface area contributed by atoms with Crippen molar-refractivity contribution in [3.63, 3.8) is 0 Å². The molecule has 5 nitrogen and oxygen atoms in total. The van der Waals surface area contributed by atoms with Gasteiger partial charge in [-0.25, -0.2) is 9.83 Å². The van der Waals surface area contributed by atoms with Crippen LogP contribution in [0.3, 0.4) is 0 Å². The van der Waals surface area contributed by atoms with Crippen molar-refractivity contribution in [1.29, 1.82) is 0 Å². The molecule has 2 rings (SSSR count). The summed E-state index contributed by atoms with van der Waals surface area (Å²) in [5, 5.41) is 9.28. The van der Waals surface area contributed by atoms with E-state index in [4.69, 9.17) is 11.3 Å². The van der Waals surface area contributed by atoms with Gasteiger partial charge in [-0.3, -0.25) is 0 Å². The van der Waals surface area contributed by atoms with Crippen molar-refractivity contribution in [3.05, 3.63) is 47.3 Å². The third kappa shape index (κ3) is 3.33. The maximum atomic E-state index is 9.28. The van der Waals surface area contributed by atoms with E-state index in [-0.39, 0.29) is 6.61 Å². The Labute approximate surface area is 125 Å². The highest BCUT2D eigenvalue weighted by molar-refractivity contribution is 6.33. The number of nitrogens with zero attached hydrogens (tertiary/aromatic N) is 3. The van der Waals surface area contributed by atoms with E-state index in [9.17, 15) is 5.11 Å². The van der Waals surface area contributed by atoms with E-state index in [1.165, 1.54) is 0 Å². The zero-order valence-corrected chi connectivity index (χ0v) is 12.3. The van der Waals surface area contributed by atoms with Crippen LogP contribution in [0.5, 0.6) is 11.6 Å². The molecule has 2 aromatic rings. The molecule has 1 aromatic heterocycles. The van der Waals surface area contributed by atoms with Crippen LogP contribution in [0.1, 0.15) is 5.56 Å². The van der Waals surface area contributed by atoms with Gasteiger partial charge in [0.05, 0.1) is 13.2 Å². The molecule has 0 saturated carbocycles. The molecule has 6 heteroatoms. The Morgan fingerprint density at radius 1 is 1.33 bits per heavy atom. The van der Waals surface area contributed by atoms with Crippen molar-refractivity contribution < 1.29 is 9.84 Å². The molecule has 0 unspecified atom stereocenters. The lowest BCUT2D eigenvalue weighted by atomic mass is 9.91. The first-order valence-corrected chi connectivity index (χ1v) is 6.49. The molecule has 1 aromatic carbocycles. The largest absolute Gasteiger partial charge is 0.439 e. The molecule has 1 N–H and O–H groups in total. The van der Waals surface area contributed by atoms with Crippen molar-refractivity contribution in [3.8, 4) is 11.6 Å². The Morgan fingerprint density at radius 2 is 2.10 bits per heavy atom. The number of ether oxygens (including phenoxy) is 1. The Balaban J connectivity index is 2.32. The minimum atomic E-state index is -0.0317. The molecule has 0 fully saturated rings. The topological polar surface area (TPSA) is 50.0 Å². The number of benzene rings is 1. The smallest absolute Gasteiger partial charge is 0.228 e. The summed E-state index contributed by atoms with van der Waals surface area (Å²) in [7, 11) is 5.59. The normalized spacial score (nSPS) is 10.0. The second-order valence-corrected chi connectivity index (χ2v) is 4.85. The van der Waals surface area contributed by atoms with Crippen molar-refractivity contribution >= 4 is 24.8 Å². The van der Waals surface area contributed by atoms with Gasteiger partial charge in [-0.1, -0.05) is 11.5 Å². The van der Waals surface area contributed by atoms with Crippen molar-refractivity contribution in [1.82, 2.24) is 4.98 Å². The number of hydrogen-bond donors (Lipinski definition) is 1. The lowest BCUT2D eigenvalue weighted by Gasteiger charge is -2.15. The summed E-state index contributed by atoms with van der Waals surface area (Å²) in [4.78, 5) is 9.55. The molecular formula is C15H16BN3O2. The molecule has 0 saturated heterocycles. The SMILES string of the molecule is Bc1ccc(Oc2ccc([N+]#[C-])c(N(C)C)n2)cc1CO. The first-order valence-electron chi connectivity index (χ1n) is 6.49. The van der Waals surface area contributed by atoms with Crippen LogP contribution in [0.2, 0.25) is 0 Å². The summed E-state index contributed by atoms with van der Waals surface area (Å²) in [5.41, 5.74) is 2.31. The van der Waals surface area contributed by atoms with Crippen molar-refractivity contribution in [2.45, 2.75) is 6.61 Å². The van der Waals surface area contributed by atoms with Crippen LogP contribution < -0.4 is 15.1 Å². The molecule has 0 aliphatic heterocycles. The molecule has 0 aliphatic rings. The van der Waals surface area contributed by atoms with Gasteiger partial charge >= 0.3 is 0 Å². The molecule has 0 spiro atoms. The van der Waals surface area contributed by atoms with Crippen LogP contribution in [0.25, 0.3) is 4.85 Å². The van der Waals surface area contributed by atoms with E-state index in [0.29, 0.717) is 23.1 Å². The predicted molar refractivity (Wildman–Crippen MR) is 85.4 cm³/mol. The number of anilines is 1. The number of aliphatic hydroxyl groups is 1. The lowest BCUT2D eigenvalue weighted by Crippen LogP contribution is -2.11. The standard InChI is InChI=1S/C15H16BN3O2/c1-17-13-6-7-14(18-15(13)19(2)3)21-11-4-5-12(16)10(8-11)9-20/h4-8,20H,9,16H2,2-3H3. The molecule has 1 heterocycles. The molecule has 0 radical (unpaired) electrons. The van der Waals surface area contributed by atoms with E-state index >= 15 is 0 Å². The second kappa shape index (κ2) is 6.29. The van der Waals surface area contributed by atoms with Gasteiger partial charge in [-0.05, 0) is 29.8 Å². The summed E-state index contributed by atoms with van der Waals surface area (Å²) in [6.07, 6.45) is 0. The summed E-state index contributed by atoms with van der Waals surface area (Å²) in [6.45, 7) is 7.10. The first-order chi connectivity index (χ1) is 10.0. The Hall–Kier alpha value is -2.52. The zero-order valence-electron chi connectivity index (χ0n) is 12.3. The van der Waals surface area contributed by atoms with Gasteiger partial charge in [-0.2, -0.15) is 0 Å². The Bertz CT molecular complexity index is 696. The highest BCUT2D eigenvalue weighted by Crippen LogP contribution is 2.29. The van der Waals surface area contributed by atoms with Gasteiger partial charge < -0.3 is 14.7 Å². The molecule has 0 bridgehead atoms. The molecule has 21 heavy (non-hydrogen) atoms. The summed E-state index contributed by atoms with van der Waals surface area (Å²) in [6, 6.07) is 8.86. The third-order valence-electron chi connectivity index (χ3n) is 3.09. The molecule has 0 atom stereocenters. The monoisotopic (exact) mass is 281 g/mol. The number of hydrogen-bond acceptors (Lipinski definition) is 4. The average molecular weight is 281 g/mol. The molecular weight excluding hydrogens is 265 g/mol. The van der Waals surface area contributed by atoms with Crippen LogP contribution >= 0.6 is 0 Å². The van der Waals surface area contributed by atoms with Crippen LogP contribution in [-0.2, 0) is 6.61 Å². The number of pyridine rings is 1. The maximum absolute atomic E-state index is 9.28. The van der Waals surface area contributed by atoms with Gasteiger partial charge in [-0.15, -0.1) is 0 Å². The van der Waals surface area contributed by atoms with E-state index in [0.717, 1.165) is 11.0 Å². The molecule has 106 valence electrons. The van der Waals surface area contributed by atoms with Gasteiger partial charge in [0.25, 0.3) is 0 Å². The van der Waals surface area contributed by atoms with Crippen LogP contribution in [-0.4, -0.2) is 32.0 Å². The van der Waals surface area contributed by atoms with Crippen molar-refractivity contribution in [2.75, 3.05) is 19.0 Å². The number of aliphatic hydroxyl groups excluding tert-OH is 1. The molecule has 0 aliphatic carbocycles. The van der Waals surface area contributed by atoms with Gasteiger partial charge in [0.1, 0.15) is 19.4 Å². The van der Waals surface area contributed by atoms with E-state index < -0.39 is 0 Å². The Morgan fingerprint density at radius 3 is 2.71 bits per heavy atom. The fourth-order valence-corrected chi connectivity index (χ4v) is 1.90. The third-order valence-corrected chi connectivity index (χ3v) is 3.09. The lowest BCUT2D eigenvalue weighted by molar-refractivity contribution is 0.282. The van der Waals surface area contributed by atoms with Crippen LogP contribution in [0.15, 0.2) is 30.3 Å². The fraction of sp³-hybridized carbons (Fsp3) is 0.200. The summed E-state index contributed by atoms with van der Waals surface area (Å²) < 4.78 is 5.71. The highest BCUT2D eigenvalue weighted by atomic mass is 16.5. The average Bonchev–Trinajstić information content (AvgIpc) is 2.49. The van der Waals surface area contributed by atoms with Crippen molar-refractivity contribution in [2.24, 2.45) is 0 Å². The molecule has 0 amide bonds. The predicted octanol–water partition coefficient (Wildman–Crippen LogP) is 1.24. The minimum Gasteiger partial charge on any atom is -0.439 e. The number of aromatic nitrogens is 1. The van der Waals surface area contributed by atoms with E-state index in [2.05, 4.69) is 9.83 Å². The first kappa shape index (κ1) is 14.9. The van der Waals surface area contributed by atoms with Gasteiger partial charge in [0.2, 0.25) is 11.6 Å². The maximum Gasteiger partial charge on any atom is 0.228 e. The van der Waals surface area contributed by atoms with Gasteiger partial charge in [0, 0.05) is 14.1 Å². The summed E-state index contributed by atoms with van der Waals surface area (Å²) in [5.74, 6) is 1.59. The number of rotatable bonds is 4. The zero-order chi connectivity index (χ0) is 15.4. The van der Waals surface area contributed by atoms with Crippen LogP contribution in [0, 0.1) is 6.57 Å².